The lowest BCUT2D eigenvalue weighted by atomic mass is 10.2. The first kappa shape index (κ1) is 15.3. The second kappa shape index (κ2) is 7.10. The summed E-state index contributed by atoms with van der Waals surface area (Å²) in [6.45, 7) is 8.53. The summed E-state index contributed by atoms with van der Waals surface area (Å²) >= 11 is 1.59. The molecule has 0 saturated carbocycles. The minimum absolute atomic E-state index is 0.0557. The molecule has 2 rings (SSSR count). The van der Waals surface area contributed by atoms with Gasteiger partial charge in [-0.3, -0.25) is 9.69 Å². The standard InChI is InChI=1S/C13H23N5OS/c1-10(18-8-6-17(3)7-9-18)13(19)14-5-4-12-16-15-11(2)20-12/h10H,4-9H2,1-3H3,(H,14,19). The number of rotatable bonds is 5. The van der Waals surface area contributed by atoms with Gasteiger partial charge < -0.3 is 10.2 Å². The molecule has 1 aliphatic heterocycles. The average Bonchev–Trinajstić information content (AvgIpc) is 2.84. The molecule has 1 amide bonds. The molecular weight excluding hydrogens is 274 g/mol. The van der Waals surface area contributed by atoms with E-state index < -0.39 is 0 Å². The number of hydrogen-bond acceptors (Lipinski definition) is 6. The van der Waals surface area contributed by atoms with E-state index in [1.165, 1.54) is 0 Å². The Labute approximate surface area is 124 Å². The van der Waals surface area contributed by atoms with Crippen LogP contribution in [0.25, 0.3) is 0 Å². The van der Waals surface area contributed by atoms with Crippen molar-refractivity contribution in [1.29, 1.82) is 0 Å². The van der Waals surface area contributed by atoms with Gasteiger partial charge >= 0.3 is 0 Å². The van der Waals surface area contributed by atoms with Gasteiger partial charge in [-0.05, 0) is 20.9 Å². The zero-order chi connectivity index (χ0) is 14.5. The minimum Gasteiger partial charge on any atom is -0.354 e. The van der Waals surface area contributed by atoms with Gasteiger partial charge in [-0.15, -0.1) is 21.5 Å². The molecular formula is C13H23N5OS. The summed E-state index contributed by atoms with van der Waals surface area (Å²) in [5.74, 6) is 0.107. The summed E-state index contributed by atoms with van der Waals surface area (Å²) in [6.07, 6.45) is 0.757. The number of carbonyl (C=O) groups excluding carboxylic acids is 1. The molecule has 0 spiro atoms. The van der Waals surface area contributed by atoms with E-state index in [9.17, 15) is 4.79 Å². The summed E-state index contributed by atoms with van der Waals surface area (Å²) in [5, 5.41) is 13.0. The van der Waals surface area contributed by atoms with Gasteiger partial charge in [-0.2, -0.15) is 0 Å². The van der Waals surface area contributed by atoms with Crippen molar-refractivity contribution in [1.82, 2.24) is 25.3 Å². The highest BCUT2D eigenvalue weighted by Crippen LogP contribution is 2.08. The number of hydrogen-bond donors (Lipinski definition) is 1. The first-order chi connectivity index (χ1) is 9.56. The van der Waals surface area contributed by atoms with Crippen LogP contribution in [0.5, 0.6) is 0 Å². The van der Waals surface area contributed by atoms with Crippen LogP contribution in [0.4, 0.5) is 0 Å². The van der Waals surface area contributed by atoms with Crippen LogP contribution in [0, 0.1) is 6.92 Å². The van der Waals surface area contributed by atoms with Crippen LogP contribution >= 0.6 is 11.3 Å². The van der Waals surface area contributed by atoms with E-state index in [1.807, 2.05) is 13.8 Å². The zero-order valence-corrected chi connectivity index (χ0v) is 13.2. The molecule has 0 bridgehead atoms. The van der Waals surface area contributed by atoms with Crippen molar-refractivity contribution in [2.24, 2.45) is 0 Å². The monoisotopic (exact) mass is 297 g/mol. The number of nitrogens with one attached hydrogen (secondary N) is 1. The number of nitrogens with zero attached hydrogens (tertiary/aromatic N) is 4. The molecule has 1 atom stereocenters. The highest BCUT2D eigenvalue weighted by atomic mass is 32.1. The first-order valence-electron chi connectivity index (χ1n) is 7.05. The van der Waals surface area contributed by atoms with Crippen molar-refractivity contribution < 1.29 is 4.79 Å². The molecule has 1 unspecified atom stereocenters. The van der Waals surface area contributed by atoms with Crippen molar-refractivity contribution >= 4 is 17.2 Å². The van der Waals surface area contributed by atoms with Gasteiger partial charge in [0.1, 0.15) is 10.0 Å². The number of aromatic nitrogens is 2. The third-order valence-corrected chi connectivity index (χ3v) is 4.57. The Morgan fingerprint density at radius 3 is 2.65 bits per heavy atom. The fourth-order valence-electron chi connectivity index (χ4n) is 2.25. The van der Waals surface area contributed by atoms with Gasteiger partial charge in [0.05, 0.1) is 6.04 Å². The number of aryl methyl sites for hydroxylation is 1. The Bertz CT molecular complexity index is 442. The van der Waals surface area contributed by atoms with Gasteiger partial charge in [-0.25, -0.2) is 0 Å². The molecule has 112 valence electrons. The Balaban J connectivity index is 1.71. The molecule has 7 heteroatoms. The number of carbonyl (C=O) groups is 1. The van der Waals surface area contributed by atoms with Gasteiger partial charge in [0, 0.05) is 39.1 Å². The van der Waals surface area contributed by atoms with Crippen LogP contribution in [0.3, 0.4) is 0 Å². The van der Waals surface area contributed by atoms with E-state index in [1.54, 1.807) is 11.3 Å². The van der Waals surface area contributed by atoms with Crippen molar-refractivity contribution in [3.05, 3.63) is 10.0 Å². The van der Waals surface area contributed by atoms with Gasteiger partial charge in [0.15, 0.2) is 0 Å². The maximum Gasteiger partial charge on any atom is 0.237 e. The van der Waals surface area contributed by atoms with Crippen molar-refractivity contribution in [3.63, 3.8) is 0 Å². The Hall–Kier alpha value is -1.05. The van der Waals surface area contributed by atoms with E-state index in [0.29, 0.717) is 6.54 Å². The van der Waals surface area contributed by atoms with Crippen LogP contribution in [0.2, 0.25) is 0 Å². The highest BCUT2D eigenvalue weighted by Gasteiger charge is 2.23. The lowest BCUT2D eigenvalue weighted by Gasteiger charge is -2.35. The summed E-state index contributed by atoms with van der Waals surface area (Å²) in [4.78, 5) is 16.7. The molecule has 1 saturated heterocycles. The molecule has 2 heterocycles. The van der Waals surface area contributed by atoms with Crippen LogP contribution in [0.1, 0.15) is 16.9 Å². The van der Waals surface area contributed by atoms with Gasteiger partial charge in [0.2, 0.25) is 5.91 Å². The molecule has 0 radical (unpaired) electrons. The van der Waals surface area contributed by atoms with Crippen molar-refractivity contribution in [3.8, 4) is 0 Å². The number of piperazine rings is 1. The SMILES string of the molecule is Cc1nnc(CCNC(=O)C(C)N2CCN(C)CC2)s1. The summed E-state index contributed by atoms with van der Waals surface area (Å²) in [5.41, 5.74) is 0. The maximum atomic E-state index is 12.1. The highest BCUT2D eigenvalue weighted by molar-refractivity contribution is 7.11. The third kappa shape index (κ3) is 4.22. The van der Waals surface area contributed by atoms with Crippen molar-refractivity contribution in [2.75, 3.05) is 39.8 Å². The fourth-order valence-corrected chi connectivity index (χ4v) is 2.96. The maximum absolute atomic E-state index is 12.1. The first-order valence-corrected chi connectivity index (χ1v) is 7.87. The largest absolute Gasteiger partial charge is 0.354 e. The topological polar surface area (TPSA) is 61.4 Å². The summed E-state index contributed by atoms with van der Waals surface area (Å²) in [7, 11) is 2.12. The summed E-state index contributed by atoms with van der Waals surface area (Å²) < 4.78 is 0. The number of likely N-dealkylation sites (N-methyl/N-ethyl adjacent to an activating group) is 1. The quantitative estimate of drug-likeness (QED) is 0.838. The van der Waals surface area contributed by atoms with E-state index in [-0.39, 0.29) is 11.9 Å². The Morgan fingerprint density at radius 2 is 2.05 bits per heavy atom. The number of amides is 1. The Kier molecular flexibility index (Phi) is 5.45. The molecule has 1 N–H and O–H groups in total. The van der Waals surface area contributed by atoms with Crippen LogP contribution < -0.4 is 5.32 Å². The lowest BCUT2D eigenvalue weighted by Crippen LogP contribution is -2.53. The molecule has 0 aliphatic carbocycles. The normalized spacial score (nSPS) is 18.9. The van der Waals surface area contributed by atoms with Crippen LogP contribution in [0.15, 0.2) is 0 Å². The summed E-state index contributed by atoms with van der Waals surface area (Å²) in [6, 6.07) is -0.0557. The van der Waals surface area contributed by atoms with E-state index in [0.717, 1.165) is 42.6 Å². The lowest BCUT2D eigenvalue weighted by molar-refractivity contribution is -0.126. The van der Waals surface area contributed by atoms with Crippen LogP contribution in [-0.2, 0) is 11.2 Å². The molecule has 20 heavy (non-hydrogen) atoms. The average molecular weight is 297 g/mol. The molecule has 1 fully saturated rings. The van der Waals surface area contributed by atoms with Gasteiger partial charge in [-0.1, -0.05) is 0 Å². The molecule has 1 aliphatic rings. The predicted molar refractivity (Wildman–Crippen MR) is 79.9 cm³/mol. The Morgan fingerprint density at radius 1 is 1.35 bits per heavy atom. The van der Waals surface area contributed by atoms with E-state index in [4.69, 9.17) is 0 Å². The third-order valence-electron chi connectivity index (χ3n) is 3.67. The predicted octanol–water partition coefficient (Wildman–Crippen LogP) is 0.141. The second-order valence-corrected chi connectivity index (χ2v) is 6.54. The second-order valence-electron chi connectivity index (χ2n) is 5.27. The molecule has 1 aromatic rings. The van der Waals surface area contributed by atoms with E-state index >= 15 is 0 Å². The fraction of sp³-hybridized carbons (Fsp3) is 0.769. The van der Waals surface area contributed by atoms with E-state index in [2.05, 4.69) is 32.4 Å². The van der Waals surface area contributed by atoms with Gasteiger partial charge in [0.25, 0.3) is 0 Å². The van der Waals surface area contributed by atoms with Crippen LogP contribution in [-0.4, -0.2) is 71.7 Å². The zero-order valence-electron chi connectivity index (χ0n) is 12.4. The molecule has 1 aromatic heterocycles. The minimum atomic E-state index is -0.0557. The molecule has 6 nitrogen and oxygen atoms in total. The van der Waals surface area contributed by atoms with Crippen molar-refractivity contribution in [2.45, 2.75) is 26.3 Å². The smallest absolute Gasteiger partial charge is 0.237 e. The molecule has 0 aromatic carbocycles.